The zero-order chi connectivity index (χ0) is 20.4. The van der Waals surface area contributed by atoms with Crippen LogP contribution in [0.5, 0.6) is 0 Å². The molecule has 2 aromatic carbocycles. The fourth-order valence-electron chi connectivity index (χ4n) is 3.41. The minimum absolute atomic E-state index is 0.331. The Bertz CT molecular complexity index is 1110. The topological polar surface area (TPSA) is 54.0 Å². The summed E-state index contributed by atoms with van der Waals surface area (Å²) in [4.78, 5) is 16.8. The van der Waals surface area contributed by atoms with Gasteiger partial charge in [-0.1, -0.05) is 18.2 Å². The van der Waals surface area contributed by atoms with E-state index >= 15 is 0 Å². The Morgan fingerprint density at radius 1 is 1.14 bits per heavy atom. The monoisotopic (exact) mass is 397 g/mol. The van der Waals surface area contributed by atoms with Gasteiger partial charge in [-0.3, -0.25) is 9.78 Å². The largest absolute Gasteiger partial charge is 0.416 e. The van der Waals surface area contributed by atoms with E-state index in [1.54, 1.807) is 18.3 Å². The van der Waals surface area contributed by atoms with E-state index in [0.717, 1.165) is 29.5 Å². The first kappa shape index (κ1) is 19.0. The summed E-state index contributed by atoms with van der Waals surface area (Å²) in [6.07, 6.45) is 0.0454. The fourth-order valence-corrected chi connectivity index (χ4v) is 3.41. The van der Waals surface area contributed by atoms with Gasteiger partial charge in [-0.2, -0.15) is 13.2 Å². The van der Waals surface area contributed by atoms with E-state index < -0.39 is 11.7 Å². The molecule has 29 heavy (non-hydrogen) atoms. The van der Waals surface area contributed by atoms with Crippen molar-refractivity contribution in [2.45, 2.75) is 19.0 Å². The van der Waals surface area contributed by atoms with Gasteiger partial charge in [-0.25, -0.2) is 0 Å². The summed E-state index contributed by atoms with van der Waals surface area (Å²) >= 11 is 0. The van der Waals surface area contributed by atoms with Crippen molar-refractivity contribution < 1.29 is 18.0 Å². The maximum absolute atomic E-state index is 13.0. The molecule has 0 atom stereocenters. The predicted molar refractivity (Wildman–Crippen MR) is 108 cm³/mol. The van der Waals surface area contributed by atoms with Crippen LogP contribution in [0.3, 0.4) is 0 Å². The molecular weight excluding hydrogens is 379 g/mol. The third-order valence-electron chi connectivity index (χ3n) is 4.81. The number of carbonyl (C=O) groups is 1. The number of allylic oxidation sites excluding steroid dienone is 1. The number of benzene rings is 2. The van der Waals surface area contributed by atoms with Crippen LogP contribution in [0.4, 0.5) is 24.5 Å². The lowest BCUT2D eigenvalue weighted by molar-refractivity contribution is -0.137. The number of carbonyl (C=O) groups excluding carboxylic acids is 1. The van der Waals surface area contributed by atoms with Crippen LogP contribution in [0.25, 0.3) is 16.5 Å². The lowest BCUT2D eigenvalue weighted by Gasteiger charge is -2.14. The van der Waals surface area contributed by atoms with Crippen molar-refractivity contribution in [1.82, 2.24) is 4.98 Å². The Morgan fingerprint density at radius 2 is 2.00 bits per heavy atom. The molecule has 0 unspecified atom stereocenters. The first-order valence-electron chi connectivity index (χ1n) is 9.22. The van der Waals surface area contributed by atoms with Crippen LogP contribution in [-0.4, -0.2) is 17.4 Å². The first-order valence-corrected chi connectivity index (χ1v) is 9.22. The third kappa shape index (κ3) is 4.23. The van der Waals surface area contributed by atoms with Gasteiger partial charge in [0.05, 0.1) is 11.1 Å². The minimum Gasteiger partial charge on any atom is -0.385 e. The van der Waals surface area contributed by atoms with Crippen LogP contribution in [-0.2, 0) is 11.0 Å². The Kier molecular flexibility index (Phi) is 4.96. The molecular formula is C22H18F3N3O. The third-order valence-corrected chi connectivity index (χ3v) is 4.81. The van der Waals surface area contributed by atoms with Gasteiger partial charge in [0.1, 0.15) is 0 Å². The molecule has 0 bridgehead atoms. The standard InChI is InChI=1S/C22H18F3N3O/c23-22(24,25)16-6-8-18-15(4-2-10-27-20(18)12-16)11-21(29)28-17-7-5-14-3-1-9-26-19(14)13-17/h1,3,5-9,11-13,27H,2,4,10H2,(H,28,29). The van der Waals surface area contributed by atoms with Gasteiger partial charge in [0.2, 0.25) is 5.91 Å². The second-order valence-electron chi connectivity index (χ2n) is 6.86. The molecule has 7 heteroatoms. The van der Waals surface area contributed by atoms with Crippen molar-refractivity contribution >= 4 is 33.8 Å². The molecule has 0 fully saturated rings. The van der Waals surface area contributed by atoms with E-state index in [2.05, 4.69) is 15.6 Å². The zero-order valence-corrected chi connectivity index (χ0v) is 15.4. The van der Waals surface area contributed by atoms with Gasteiger partial charge in [0, 0.05) is 41.1 Å². The summed E-state index contributed by atoms with van der Waals surface area (Å²) in [7, 11) is 0. The van der Waals surface area contributed by atoms with Crippen molar-refractivity contribution in [3.63, 3.8) is 0 Å². The van der Waals surface area contributed by atoms with E-state index in [1.807, 2.05) is 18.2 Å². The summed E-state index contributed by atoms with van der Waals surface area (Å²) in [5.74, 6) is -0.331. The lowest BCUT2D eigenvalue weighted by Crippen LogP contribution is -2.09. The molecule has 2 N–H and O–H groups in total. The fraction of sp³-hybridized carbons (Fsp3) is 0.182. The molecule has 0 aliphatic carbocycles. The van der Waals surface area contributed by atoms with Crippen molar-refractivity contribution in [1.29, 1.82) is 0 Å². The Morgan fingerprint density at radius 3 is 2.83 bits per heavy atom. The number of halogens is 3. The van der Waals surface area contributed by atoms with E-state index in [1.165, 1.54) is 12.1 Å². The van der Waals surface area contributed by atoms with Crippen LogP contribution < -0.4 is 10.6 Å². The molecule has 1 amide bonds. The molecule has 0 saturated heterocycles. The summed E-state index contributed by atoms with van der Waals surface area (Å²) in [6, 6.07) is 12.8. The highest BCUT2D eigenvalue weighted by Crippen LogP contribution is 2.36. The molecule has 4 nitrogen and oxygen atoms in total. The normalized spacial score (nSPS) is 15.5. The van der Waals surface area contributed by atoms with Gasteiger partial charge < -0.3 is 10.6 Å². The number of aromatic nitrogens is 1. The Hall–Kier alpha value is -3.35. The second-order valence-corrected chi connectivity index (χ2v) is 6.86. The van der Waals surface area contributed by atoms with Crippen molar-refractivity contribution in [3.8, 4) is 0 Å². The van der Waals surface area contributed by atoms with Crippen molar-refractivity contribution in [2.75, 3.05) is 17.2 Å². The van der Waals surface area contributed by atoms with Crippen LogP contribution in [0.15, 0.2) is 60.8 Å². The maximum Gasteiger partial charge on any atom is 0.416 e. The number of pyridine rings is 1. The molecule has 0 radical (unpaired) electrons. The van der Waals surface area contributed by atoms with E-state index in [4.69, 9.17) is 0 Å². The number of hydrogen-bond donors (Lipinski definition) is 2. The summed E-state index contributed by atoms with van der Waals surface area (Å²) in [5.41, 5.74) is 2.38. The predicted octanol–water partition coefficient (Wildman–Crippen LogP) is 5.48. The van der Waals surface area contributed by atoms with Crippen molar-refractivity contribution in [3.05, 3.63) is 71.9 Å². The number of alkyl halides is 3. The first-order chi connectivity index (χ1) is 13.9. The number of nitrogens with zero attached hydrogens (tertiary/aromatic N) is 1. The highest BCUT2D eigenvalue weighted by molar-refractivity contribution is 6.05. The molecule has 1 aromatic heterocycles. The highest BCUT2D eigenvalue weighted by atomic mass is 19.4. The highest BCUT2D eigenvalue weighted by Gasteiger charge is 2.31. The average molecular weight is 397 g/mol. The molecule has 1 aliphatic heterocycles. The van der Waals surface area contributed by atoms with Crippen LogP contribution in [0, 0.1) is 0 Å². The van der Waals surface area contributed by atoms with Gasteiger partial charge in [0.15, 0.2) is 0 Å². The number of rotatable bonds is 2. The number of amides is 1. The number of hydrogen-bond acceptors (Lipinski definition) is 3. The number of anilines is 2. The zero-order valence-electron chi connectivity index (χ0n) is 15.4. The average Bonchev–Trinajstić information content (AvgIpc) is 2.89. The molecule has 3 aromatic rings. The minimum atomic E-state index is -4.41. The maximum atomic E-state index is 13.0. The molecule has 2 heterocycles. The summed E-state index contributed by atoms with van der Waals surface area (Å²) in [6.45, 7) is 0.545. The Labute approximate surface area is 165 Å². The van der Waals surface area contributed by atoms with E-state index in [9.17, 15) is 18.0 Å². The number of fused-ring (bicyclic) bond motifs is 2. The van der Waals surface area contributed by atoms with Gasteiger partial charge >= 0.3 is 6.18 Å². The summed E-state index contributed by atoms with van der Waals surface area (Å²) in [5, 5.41) is 6.81. The van der Waals surface area contributed by atoms with Gasteiger partial charge in [-0.15, -0.1) is 0 Å². The van der Waals surface area contributed by atoms with Gasteiger partial charge in [0.25, 0.3) is 0 Å². The molecule has 0 saturated carbocycles. The van der Waals surface area contributed by atoms with Gasteiger partial charge in [-0.05, 0) is 48.7 Å². The molecule has 4 rings (SSSR count). The van der Waals surface area contributed by atoms with E-state index in [-0.39, 0.29) is 5.91 Å². The number of nitrogens with one attached hydrogen (secondary N) is 2. The van der Waals surface area contributed by atoms with Crippen LogP contribution in [0.1, 0.15) is 24.0 Å². The molecule has 0 spiro atoms. The second kappa shape index (κ2) is 7.58. The quantitative estimate of drug-likeness (QED) is 0.563. The molecule has 148 valence electrons. The smallest absolute Gasteiger partial charge is 0.385 e. The molecule has 1 aliphatic rings. The lowest BCUT2D eigenvalue weighted by atomic mass is 9.98. The SMILES string of the molecule is O=C(C=C1CCCNc2cc(C(F)(F)F)ccc21)Nc1ccc2cccnc2c1. The van der Waals surface area contributed by atoms with Crippen molar-refractivity contribution in [2.24, 2.45) is 0 Å². The summed E-state index contributed by atoms with van der Waals surface area (Å²) < 4.78 is 39.0. The van der Waals surface area contributed by atoms with E-state index in [0.29, 0.717) is 35.5 Å². The van der Waals surface area contributed by atoms with Crippen LogP contribution in [0.2, 0.25) is 0 Å². The van der Waals surface area contributed by atoms with Crippen LogP contribution >= 0.6 is 0 Å². The Balaban J connectivity index is 1.60.